The Bertz CT molecular complexity index is 586. The van der Waals surface area contributed by atoms with E-state index in [1.54, 1.807) is 30.5 Å². The summed E-state index contributed by atoms with van der Waals surface area (Å²) in [5, 5.41) is 5.62. The fraction of sp³-hybridized carbons (Fsp3) is 0.0833. The molecule has 19 heavy (non-hydrogen) atoms. The maximum absolute atomic E-state index is 11.7. The number of thiazole rings is 1. The van der Waals surface area contributed by atoms with Gasteiger partial charge in [0.2, 0.25) is 5.91 Å². The minimum atomic E-state index is -0.314. The fourth-order valence-corrected chi connectivity index (χ4v) is 2.45. The monoisotopic (exact) mass is 339 g/mol. The molecule has 5 nitrogen and oxygen atoms in total. The highest BCUT2D eigenvalue weighted by Crippen LogP contribution is 2.22. The number of hydrogen-bond donors (Lipinski definition) is 2. The van der Waals surface area contributed by atoms with Gasteiger partial charge in [-0.25, -0.2) is 4.98 Å². The van der Waals surface area contributed by atoms with Crippen molar-refractivity contribution in [1.82, 2.24) is 10.3 Å². The van der Waals surface area contributed by atoms with E-state index < -0.39 is 0 Å². The Kier molecular flexibility index (Phi) is 4.64. The quantitative estimate of drug-likeness (QED) is 0.897. The largest absolute Gasteiger partial charge is 0.343 e. The van der Waals surface area contributed by atoms with Crippen LogP contribution in [0.15, 0.2) is 40.3 Å². The second-order valence-electron chi connectivity index (χ2n) is 3.57. The third-order valence-electron chi connectivity index (χ3n) is 2.17. The number of carbonyl (C=O) groups excluding carboxylic acids is 2. The number of nitrogens with zero attached hydrogens (tertiary/aromatic N) is 1. The van der Waals surface area contributed by atoms with E-state index in [4.69, 9.17) is 0 Å². The zero-order chi connectivity index (χ0) is 13.7. The normalized spacial score (nSPS) is 9.95. The van der Waals surface area contributed by atoms with Crippen molar-refractivity contribution in [2.75, 3.05) is 11.9 Å². The zero-order valence-electron chi connectivity index (χ0n) is 9.72. The van der Waals surface area contributed by atoms with Crippen molar-refractivity contribution in [3.05, 3.63) is 45.9 Å². The molecule has 0 aliphatic carbocycles. The minimum absolute atomic E-state index is 0.0923. The molecule has 2 aromatic rings. The Labute approximate surface area is 122 Å². The predicted octanol–water partition coefficient (Wildman–Crippen LogP) is 2.27. The summed E-state index contributed by atoms with van der Waals surface area (Å²) >= 11 is 4.56. The first-order valence-electron chi connectivity index (χ1n) is 5.39. The lowest BCUT2D eigenvalue weighted by Gasteiger charge is -2.04. The van der Waals surface area contributed by atoms with E-state index in [1.807, 2.05) is 6.07 Å². The van der Waals surface area contributed by atoms with Crippen molar-refractivity contribution in [1.29, 1.82) is 0 Å². The van der Waals surface area contributed by atoms with Crippen molar-refractivity contribution in [3.8, 4) is 0 Å². The van der Waals surface area contributed by atoms with Gasteiger partial charge in [0, 0.05) is 5.56 Å². The van der Waals surface area contributed by atoms with E-state index in [-0.39, 0.29) is 18.4 Å². The Morgan fingerprint density at radius 1 is 1.26 bits per heavy atom. The number of benzene rings is 1. The number of nitrogens with one attached hydrogen (secondary N) is 2. The van der Waals surface area contributed by atoms with Crippen LogP contribution in [0.4, 0.5) is 5.13 Å². The van der Waals surface area contributed by atoms with Gasteiger partial charge < -0.3 is 10.6 Å². The van der Waals surface area contributed by atoms with E-state index >= 15 is 0 Å². The second kappa shape index (κ2) is 6.44. The van der Waals surface area contributed by atoms with E-state index in [0.29, 0.717) is 10.7 Å². The summed E-state index contributed by atoms with van der Waals surface area (Å²) in [6.45, 7) is -0.0923. The predicted molar refractivity (Wildman–Crippen MR) is 77.2 cm³/mol. The molecule has 0 unspecified atom stereocenters. The van der Waals surface area contributed by atoms with Gasteiger partial charge in [-0.2, -0.15) is 0 Å². The van der Waals surface area contributed by atoms with Gasteiger partial charge in [-0.3, -0.25) is 9.59 Å². The molecule has 2 amide bonds. The van der Waals surface area contributed by atoms with Crippen molar-refractivity contribution in [2.45, 2.75) is 0 Å². The summed E-state index contributed by atoms with van der Waals surface area (Å²) in [4.78, 5) is 27.2. The summed E-state index contributed by atoms with van der Waals surface area (Å²) in [5.41, 5.74) is 0.521. The van der Waals surface area contributed by atoms with Gasteiger partial charge in [0.15, 0.2) is 5.13 Å². The molecule has 0 atom stereocenters. The summed E-state index contributed by atoms with van der Waals surface area (Å²) in [5.74, 6) is -0.595. The van der Waals surface area contributed by atoms with Crippen LogP contribution < -0.4 is 10.6 Å². The van der Waals surface area contributed by atoms with Gasteiger partial charge >= 0.3 is 0 Å². The molecular weight excluding hydrogens is 330 g/mol. The number of carbonyl (C=O) groups is 2. The van der Waals surface area contributed by atoms with Crippen LogP contribution in [0.25, 0.3) is 0 Å². The van der Waals surface area contributed by atoms with E-state index in [0.717, 1.165) is 3.79 Å². The molecule has 0 bridgehead atoms. The van der Waals surface area contributed by atoms with Gasteiger partial charge in [0.05, 0.1) is 16.5 Å². The molecule has 7 heteroatoms. The first-order valence-corrected chi connectivity index (χ1v) is 7.00. The highest BCUT2D eigenvalue weighted by molar-refractivity contribution is 9.11. The molecule has 0 saturated heterocycles. The molecule has 0 saturated carbocycles. The number of anilines is 1. The smallest absolute Gasteiger partial charge is 0.251 e. The van der Waals surface area contributed by atoms with Crippen LogP contribution >= 0.6 is 27.3 Å². The van der Waals surface area contributed by atoms with Crippen LogP contribution in [0.5, 0.6) is 0 Å². The highest BCUT2D eigenvalue weighted by Gasteiger charge is 2.09. The minimum Gasteiger partial charge on any atom is -0.343 e. The molecule has 1 heterocycles. The van der Waals surface area contributed by atoms with Gasteiger partial charge in [0.25, 0.3) is 5.91 Å². The number of halogens is 1. The molecule has 2 N–H and O–H groups in total. The summed E-state index contributed by atoms with van der Waals surface area (Å²) in [7, 11) is 0. The second-order valence-corrected chi connectivity index (χ2v) is 5.98. The first kappa shape index (κ1) is 13.7. The molecule has 1 aromatic carbocycles. The molecule has 0 spiro atoms. The molecule has 0 aliphatic rings. The SMILES string of the molecule is O=C(CNC(=O)c1ccccc1)Nc1ncc(Br)s1. The van der Waals surface area contributed by atoms with Gasteiger partial charge in [-0.1, -0.05) is 29.5 Å². The molecule has 0 aliphatic heterocycles. The number of aromatic nitrogens is 1. The molecular formula is C12H10BrN3O2S. The summed E-state index contributed by atoms with van der Waals surface area (Å²) in [6, 6.07) is 8.73. The standard InChI is InChI=1S/C12H10BrN3O2S/c13-9-6-15-12(19-9)16-10(17)7-14-11(18)8-4-2-1-3-5-8/h1-6H,7H2,(H,14,18)(H,15,16,17). The molecule has 0 radical (unpaired) electrons. The number of hydrogen-bond acceptors (Lipinski definition) is 4. The van der Waals surface area contributed by atoms with Gasteiger partial charge in [0.1, 0.15) is 0 Å². The lowest BCUT2D eigenvalue weighted by Crippen LogP contribution is -2.32. The Hall–Kier alpha value is -1.73. The Morgan fingerprint density at radius 2 is 2.00 bits per heavy atom. The average Bonchev–Trinajstić information content (AvgIpc) is 2.82. The van der Waals surface area contributed by atoms with Crippen LogP contribution in [0.1, 0.15) is 10.4 Å². The molecule has 2 rings (SSSR count). The third-order valence-corrected chi connectivity index (χ3v) is 3.56. The Balaban J connectivity index is 1.82. The lowest BCUT2D eigenvalue weighted by molar-refractivity contribution is -0.115. The molecule has 1 aromatic heterocycles. The van der Waals surface area contributed by atoms with Crippen LogP contribution in [-0.4, -0.2) is 23.3 Å². The maximum atomic E-state index is 11.7. The third kappa shape index (κ3) is 4.15. The topological polar surface area (TPSA) is 71.1 Å². The highest BCUT2D eigenvalue weighted by atomic mass is 79.9. The van der Waals surface area contributed by atoms with E-state index in [1.165, 1.54) is 11.3 Å². The number of rotatable bonds is 4. The first-order chi connectivity index (χ1) is 9.15. The van der Waals surface area contributed by atoms with Crippen LogP contribution in [0, 0.1) is 0 Å². The van der Waals surface area contributed by atoms with E-state index in [2.05, 4.69) is 31.5 Å². The van der Waals surface area contributed by atoms with Crippen molar-refractivity contribution in [2.24, 2.45) is 0 Å². The zero-order valence-corrected chi connectivity index (χ0v) is 12.1. The molecule has 0 fully saturated rings. The lowest BCUT2D eigenvalue weighted by atomic mass is 10.2. The van der Waals surface area contributed by atoms with Crippen molar-refractivity contribution in [3.63, 3.8) is 0 Å². The average molecular weight is 340 g/mol. The van der Waals surface area contributed by atoms with Gasteiger partial charge in [-0.05, 0) is 28.1 Å². The van der Waals surface area contributed by atoms with Crippen molar-refractivity contribution < 1.29 is 9.59 Å². The van der Waals surface area contributed by atoms with Crippen LogP contribution in [-0.2, 0) is 4.79 Å². The van der Waals surface area contributed by atoms with Crippen molar-refractivity contribution >= 4 is 44.2 Å². The molecule has 98 valence electrons. The van der Waals surface area contributed by atoms with Gasteiger partial charge in [-0.15, -0.1) is 0 Å². The fourth-order valence-electron chi connectivity index (χ4n) is 1.33. The van der Waals surface area contributed by atoms with Crippen LogP contribution in [0.2, 0.25) is 0 Å². The van der Waals surface area contributed by atoms with Crippen LogP contribution in [0.3, 0.4) is 0 Å². The summed E-state index contributed by atoms with van der Waals surface area (Å²) in [6.07, 6.45) is 1.60. The van der Waals surface area contributed by atoms with E-state index in [9.17, 15) is 9.59 Å². The summed E-state index contributed by atoms with van der Waals surface area (Å²) < 4.78 is 0.830. The number of amides is 2. The Morgan fingerprint density at radius 3 is 2.63 bits per heavy atom. The maximum Gasteiger partial charge on any atom is 0.251 e.